The van der Waals surface area contributed by atoms with Crippen molar-refractivity contribution in [2.75, 3.05) is 5.75 Å². The minimum Gasteiger partial charge on any atom is -0.486 e. The minimum atomic E-state index is -0.815. The number of carboxylic acids is 1. The van der Waals surface area contributed by atoms with Gasteiger partial charge in [0, 0.05) is 12.8 Å². The molecule has 0 bridgehead atoms. The lowest BCUT2D eigenvalue weighted by Gasteiger charge is -2.07. The molecule has 0 amide bonds. The van der Waals surface area contributed by atoms with Gasteiger partial charge in [-0.05, 0) is 22.9 Å². The summed E-state index contributed by atoms with van der Waals surface area (Å²) in [5.41, 5.74) is 0. The van der Waals surface area contributed by atoms with Crippen LogP contribution in [-0.4, -0.2) is 31.6 Å². The number of aromatic nitrogens is 3. The number of benzene rings is 2. The van der Waals surface area contributed by atoms with Crippen LogP contribution in [0.15, 0.2) is 47.6 Å². The van der Waals surface area contributed by atoms with Crippen molar-refractivity contribution in [3.63, 3.8) is 0 Å². The summed E-state index contributed by atoms with van der Waals surface area (Å²) in [6.45, 7) is 0.307. The molecule has 0 saturated heterocycles. The molecule has 2 aromatic carbocycles. The zero-order valence-corrected chi connectivity index (χ0v) is 14.0. The number of carbonyl (C=O) groups is 1. The van der Waals surface area contributed by atoms with Crippen molar-refractivity contribution in [2.45, 2.75) is 18.2 Å². The topological polar surface area (TPSA) is 77.2 Å². The van der Waals surface area contributed by atoms with Crippen LogP contribution >= 0.6 is 11.8 Å². The Hall–Kier alpha value is -2.54. The van der Waals surface area contributed by atoms with E-state index in [0.29, 0.717) is 23.3 Å². The standard InChI is InChI=1S/C17H17N3O3S/c1-20-15(18-19-17(20)24-9-8-16(21)22)11-23-14-7-6-12-4-2-3-5-13(12)10-14/h2-7,10H,8-9,11H2,1H3,(H,21,22). The Morgan fingerprint density at radius 2 is 2.00 bits per heavy atom. The average molecular weight is 343 g/mol. The normalized spacial score (nSPS) is 10.9. The second-order valence-electron chi connectivity index (χ2n) is 5.25. The highest BCUT2D eigenvalue weighted by molar-refractivity contribution is 7.99. The molecular formula is C17H17N3O3S. The summed E-state index contributed by atoms with van der Waals surface area (Å²) in [6, 6.07) is 14.1. The summed E-state index contributed by atoms with van der Waals surface area (Å²) in [5, 5.41) is 19.8. The van der Waals surface area contributed by atoms with Crippen molar-refractivity contribution in [3.8, 4) is 5.75 Å². The molecule has 1 heterocycles. The summed E-state index contributed by atoms with van der Waals surface area (Å²) in [4.78, 5) is 10.6. The maximum atomic E-state index is 10.6. The number of ether oxygens (including phenoxy) is 1. The second-order valence-corrected chi connectivity index (χ2v) is 6.31. The molecule has 0 fully saturated rings. The van der Waals surface area contributed by atoms with Crippen LogP contribution in [0.25, 0.3) is 10.8 Å². The van der Waals surface area contributed by atoms with E-state index < -0.39 is 5.97 Å². The van der Waals surface area contributed by atoms with E-state index in [1.54, 1.807) is 0 Å². The van der Waals surface area contributed by atoms with Gasteiger partial charge in [-0.2, -0.15) is 0 Å². The monoisotopic (exact) mass is 343 g/mol. The molecule has 0 aliphatic rings. The lowest BCUT2D eigenvalue weighted by atomic mass is 10.1. The maximum absolute atomic E-state index is 10.6. The van der Waals surface area contributed by atoms with Crippen molar-refractivity contribution in [1.29, 1.82) is 0 Å². The molecule has 0 aliphatic carbocycles. The molecule has 1 aromatic heterocycles. The SMILES string of the molecule is Cn1c(COc2ccc3ccccc3c2)nnc1SCCC(=O)O. The molecule has 124 valence electrons. The first-order valence-corrected chi connectivity index (χ1v) is 8.46. The third kappa shape index (κ3) is 3.86. The largest absolute Gasteiger partial charge is 0.486 e. The van der Waals surface area contributed by atoms with Crippen LogP contribution in [0.2, 0.25) is 0 Å². The molecule has 7 heteroatoms. The van der Waals surface area contributed by atoms with Crippen molar-refractivity contribution in [3.05, 3.63) is 48.3 Å². The van der Waals surface area contributed by atoms with Crippen LogP contribution in [0.3, 0.4) is 0 Å². The minimum absolute atomic E-state index is 0.0977. The van der Waals surface area contributed by atoms with E-state index in [-0.39, 0.29) is 6.42 Å². The van der Waals surface area contributed by atoms with E-state index in [2.05, 4.69) is 16.3 Å². The summed E-state index contributed by atoms with van der Waals surface area (Å²) in [6.07, 6.45) is 0.0977. The van der Waals surface area contributed by atoms with E-state index in [0.717, 1.165) is 11.1 Å². The van der Waals surface area contributed by atoms with Gasteiger partial charge in [0.15, 0.2) is 11.0 Å². The van der Waals surface area contributed by atoms with E-state index in [9.17, 15) is 4.79 Å². The van der Waals surface area contributed by atoms with E-state index in [1.165, 1.54) is 17.1 Å². The first-order valence-electron chi connectivity index (χ1n) is 7.48. The molecule has 0 aliphatic heterocycles. The van der Waals surface area contributed by atoms with Crippen molar-refractivity contribution in [2.24, 2.45) is 7.05 Å². The fourth-order valence-corrected chi connectivity index (χ4v) is 3.09. The van der Waals surface area contributed by atoms with Crippen molar-refractivity contribution < 1.29 is 14.6 Å². The number of hydrogen-bond acceptors (Lipinski definition) is 5. The molecule has 3 aromatic rings. The third-order valence-electron chi connectivity index (χ3n) is 3.56. The smallest absolute Gasteiger partial charge is 0.304 e. The van der Waals surface area contributed by atoms with Crippen LogP contribution in [0, 0.1) is 0 Å². The number of nitrogens with zero attached hydrogens (tertiary/aromatic N) is 3. The Morgan fingerprint density at radius 1 is 1.21 bits per heavy atom. The third-order valence-corrected chi connectivity index (χ3v) is 4.58. The molecule has 0 unspecified atom stereocenters. The molecule has 24 heavy (non-hydrogen) atoms. The summed E-state index contributed by atoms with van der Waals surface area (Å²) >= 11 is 1.37. The van der Waals surface area contributed by atoms with Gasteiger partial charge in [0.25, 0.3) is 0 Å². The first-order chi connectivity index (χ1) is 11.6. The van der Waals surface area contributed by atoms with Crippen LogP contribution in [-0.2, 0) is 18.4 Å². The van der Waals surface area contributed by atoms with Crippen LogP contribution in [0.5, 0.6) is 5.75 Å². The molecule has 0 radical (unpaired) electrons. The van der Waals surface area contributed by atoms with Gasteiger partial charge in [-0.3, -0.25) is 4.79 Å². The van der Waals surface area contributed by atoms with Gasteiger partial charge in [-0.15, -0.1) is 10.2 Å². The molecule has 0 atom stereocenters. The second kappa shape index (κ2) is 7.35. The van der Waals surface area contributed by atoms with E-state index in [1.807, 2.05) is 48.0 Å². The zero-order chi connectivity index (χ0) is 16.9. The summed E-state index contributed by atoms with van der Waals surface area (Å²) in [7, 11) is 1.85. The number of aliphatic carboxylic acids is 1. The van der Waals surface area contributed by atoms with Crippen molar-refractivity contribution in [1.82, 2.24) is 14.8 Å². The first kappa shape index (κ1) is 16.3. The maximum Gasteiger partial charge on any atom is 0.304 e. The van der Waals surface area contributed by atoms with Gasteiger partial charge in [0.05, 0.1) is 6.42 Å². The molecule has 3 rings (SSSR count). The molecular weight excluding hydrogens is 326 g/mol. The van der Waals surface area contributed by atoms with E-state index in [4.69, 9.17) is 9.84 Å². The highest BCUT2D eigenvalue weighted by Gasteiger charge is 2.10. The van der Waals surface area contributed by atoms with Gasteiger partial charge in [0.2, 0.25) is 0 Å². The number of carboxylic acid groups (broad SMARTS) is 1. The van der Waals surface area contributed by atoms with Gasteiger partial charge < -0.3 is 14.4 Å². The number of fused-ring (bicyclic) bond motifs is 1. The molecule has 6 nitrogen and oxygen atoms in total. The number of thioether (sulfide) groups is 1. The number of hydrogen-bond donors (Lipinski definition) is 1. The lowest BCUT2D eigenvalue weighted by Crippen LogP contribution is -2.04. The van der Waals surface area contributed by atoms with Crippen LogP contribution in [0.4, 0.5) is 0 Å². The van der Waals surface area contributed by atoms with Crippen LogP contribution < -0.4 is 4.74 Å². The Labute approximate surface area is 143 Å². The Morgan fingerprint density at radius 3 is 2.79 bits per heavy atom. The Balaban J connectivity index is 1.63. The highest BCUT2D eigenvalue weighted by atomic mass is 32.2. The fraction of sp³-hybridized carbons (Fsp3) is 0.235. The predicted molar refractivity (Wildman–Crippen MR) is 92.3 cm³/mol. The fourth-order valence-electron chi connectivity index (χ4n) is 2.23. The lowest BCUT2D eigenvalue weighted by molar-refractivity contribution is -0.136. The zero-order valence-electron chi connectivity index (χ0n) is 13.2. The Kier molecular flexibility index (Phi) is 5.00. The van der Waals surface area contributed by atoms with Crippen LogP contribution in [0.1, 0.15) is 12.2 Å². The quantitative estimate of drug-likeness (QED) is 0.664. The number of rotatable bonds is 7. The molecule has 0 saturated carbocycles. The van der Waals surface area contributed by atoms with Crippen molar-refractivity contribution >= 4 is 28.5 Å². The summed E-state index contributed by atoms with van der Waals surface area (Å²) < 4.78 is 7.64. The predicted octanol–water partition coefficient (Wildman–Crippen LogP) is 3.11. The molecule has 0 spiro atoms. The Bertz CT molecular complexity index is 863. The van der Waals surface area contributed by atoms with Gasteiger partial charge in [0.1, 0.15) is 12.4 Å². The average Bonchev–Trinajstić information content (AvgIpc) is 2.93. The highest BCUT2D eigenvalue weighted by Crippen LogP contribution is 2.22. The van der Waals surface area contributed by atoms with Gasteiger partial charge in [-0.1, -0.05) is 42.1 Å². The van der Waals surface area contributed by atoms with E-state index >= 15 is 0 Å². The van der Waals surface area contributed by atoms with Gasteiger partial charge in [-0.25, -0.2) is 0 Å². The van der Waals surface area contributed by atoms with Gasteiger partial charge >= 0.3 is 5.97 Å². The molecule has 1 N–H and O–H groups in total. The summed E-state index contributed by atoms with van der Waals surface area (Å²) in [5.74, 6) is 1.12.